The summed E-state index contributed by atoms with van der Waals surface area (Å²) in [5.74, 6) is 1.92. The van der Waals surface area contributed by atoms with E-state index in [-0.39, 0.29) is 0 Å². The summed E-state index contributed by atoms with van der Waals surface area (Å²) < 4.78 is 3.59. The third-order valence-corrected chi connectivity index (χ3v) is 11.7. The average molecular weight is 701 g/mol. The molecule has 0 aliphatic rings. The highest BCUT2D eigenvalue weighted by molar-refractivity contribution is 7.27. The quantitative estimate of drug-likeness (QED) is 0.173. The van der Waals surface area contributed by atoms with Crippen LogP contribution in [-0.2, 0) is 0 Å². The fourth-order valence-electron chi connectivity index (χ4n) is 6.86. The zero-order valence-corrected chi connectivity index (χ0v) is 29.4. The molecule has 0 radical (unpaired) electrons. The van der Waals surface area contributed by atoms with E-state index in [1.165, 1.54) is 25.0 Å². The van der Waals surface area contributed by atoms with Crippen molar-refractivity contribution in [2.45, 2.75) is 0 Å². The normalized spacial score (nSPS) is 11.5. The monoisotopic (exact) mass is 700 g/mol. The number of rotatable bonds is 6. The zero-order chi connectivity index (χ0) is 34.4. The van der Waals surface area contributed by atoms with Gasteiger partial charge in [-0.2, -0.15) is 0 Å². The lowest BCUT2D eigenvalue weighted by Crippen LogP contribution is -2.00. The van der Waals surface area contributed by atoms with Gasteiger partial charge in [0.2, 0.25) is 0 Å². The fraction of sp³-hybridized carbons (Fsp3) is 0. The molecule has 0 unspecified atom stereocenters. The topological polar surface area (TPSA) is 51.6 Å². The number of nitrogens with zero attached hydrogens (tertiary/aromatic N) is 4. The van der Waals surface area contributed by atoms with Gasteiger partial charge in [-0.05, 0) is 46.5 Å². The van der Waals surface area contributed by atoms with E-state index in [1.807, 2.05) is 18.2 Å². The van der Waals surface area contributed by atoms with Crippen LogP contribution in [0.3, 0.4) is 0 Å². The van der Waals surface area contributed by atoms with E-state index in [0.29, 0.717) is 17.5 Å². The summed E-state index contributed by atoms with van der Waals surface area (Å²) in [5.41, 5.74) is 9.61. The molecule has 0 N–H and O–H groups in total. The predicted molar refractivity (Wildman–Crippen MR) is 219 cm³/mol. The number of para-hydroxylation sites is 1. The van der Waals surface area contributed by atoms with Crippen LogP contribution in [0.1, 0.15) is 0 Å². The van der Waals surface area contributed by atoms with Crippen molar-refractivity contribution in [1.29, 1.82) is 0 Å². The van der Waals surface area contributed by atoms with Crippen molar-refractivity contribution >= 4 is 53.1 Å². The van der Waals surface area contributed by atoms with E-state index < -0.39 is 0 Å². The highest BCUT2D eigenvalue weighted by atomic mass is 32.1. The Balaban J connectivity index is 1.16. The SMILES string of the molecule is c1ccc(-c2ccc(-c3nc(-c4cccc(-c5ccccc5)c4)nc(-c4cccc5sc6c(-c7nc8ccccc8s7)cccc6c45)n3)cc2)cc1. The van der Waals surface area contributed by atoms with E-state index in [0.717, 1.165) is 54.9 Å². The van der Waals surface area contributed by atoms with E-state index in [1.54, 1.807) is 22.7 Å². The van der Waals surface area contributed by atoms with Gasteiger partial charge in [0.05, 0.1) is 10.2 Å². The van der Waals surface area contributed by atoms with Crippen LogP contribution >= 0.6 is 22.7 Å². The predicted octanol–water partition coefficient (Wildman–Crippen LogP) is 12.9. The molecule has 7 aromatic carbocycles. The minimum atomic E-state index is 0.636. The second-order valence-corrected chi connectivity index (χ2v) is 14.7. The Kier molecular flexibility index (Phi) is 7.48. The van der Waals surface area contributed by atoms with Gasteiger partial charge in [0.15, 0.2) is 17.5 Å². The van der Waals surface area contributed by atoms with E-state index in [2.05, 4.69) is 152 Å². The Labute approximate surface area is 308 Å². The third kappa shape index (κ3) is 5.46. The molecule has 0 fully saturated rings. The number of aromatic nitrogens is 4. The number of thiazole rings is 1. The molecular formula is C46H28N4S2. The summed E-state index contributed by atoms with van der Waals surface area (Å²) >= 11 is 3.53. The molecule has 3 heterocycles. The van der Waals surface area contributed by atoms with Gasteiger partial charge in [-0.25, -0.2) is 19.9 Å². The molecule has 10 aromatic rings. The lowest BCUT2D eigenvalue weighted by atomic mass is 10.0. The van der Waals surface area contributed by atoms with Crippen molar-refractivity contribution in [2.75, 3.05) is 0 Å². The van der Waals surface area contributed by atoms with Gasteiger partial charge in [0, 0.05) is 42.4 Å². The maximum atomic E-state index is 5.22. The van der Waals surface area contributed by atoms with Gasteiger partial charge in [0.1, 0.15) is 5.01 Å². The standard InChI is InChI=1S/C46H28N4S2/c1-3-12-29(13-4-1)31-24-26-32(27-25-31)43-48-44(34-17-9-16-33(28-34)30-14-5-2-6-15-30)50-45(49-43)36-19-11-23-40-41(36)35-18-10-20-37(42(35)51-40)46-47-38-21-7-8-22-39(38)52-46/h1-28H. The molecule has 244 valence electrons. The Hall–Kier alpha value is -6.34. The van der Waals surface area contributed by atoms with Crippen LogP contribution in [0, 0.1) is 0 Å². The number of hydrogen-bond acceptors (Lipinski definition) is 6. The fourth-order valence-corrected chi connectivity index (χ4v) is 9.16. The van der Waals surface area contributed by atoms with E-state index in [9.17, 15) is 0 Å². The van der Waals surface area contributed by atoms with Gasteiger partial charge in [-0.15, -0.1) is 22.7 Å². The maximum Gasteiger partial charge on any atom is 0.164 e. The summed E-state index contributed by atoms with van der Waals surface area (Å²) in [6, 6.07) is 59.1. The third-order valence-electron chi connectivity index (χ3n) is 9.40. The Morgan fingerprint density at radius 1 is 0.346 bits per heavy atom. The summed E-state index contributed by atoms with van der Waals surface area (Å²) in [6.07, 6.45) is 0. The van der Waals surface area contributed by atoms with Crippen molar-refractivity contribution in [2.24, 2.45) is 0 Å². The van der Waals surface area contributed by atoms with Gasteiger partial charge in [0.25, 0.3) is 0 Å². The minimum Gasteiger partial charge on any atom is -0.236 e. The average Bonchev–Trinajstić information content (AvgIpc) is 3.84. The molecular weight excluding hydrogens is 673 g/mol. The largest absolute Gasteiger partial charge is 0.236 e. The van der Waals surface area contributed by atoms with Gasteiger partial charge in [-0.1, -0.05) is 146 Å². The molecule has 0 saturated carbocycles. The van der Waals surface area contributed by atoms with Crippen molar-refractivity contribution in [3.05, 3.63) is 170 Å². The molecule has 0 saturated heterocycles. The van der Waals surface area contributed by atoms with Crippen LogP contribution in [0.2, 0.25) is 0 Å². The first-order valence-corrected chi connectivity index (χ1v) is 18.8. The van der Waals surface area contributed by atoms with E-state index in [4.69, 9.17) is 19.9 Å². The lowest BCUT2D eigenvalue weighted by molar-refractivity contribution is 1.08. The first-order chi connectivity index (χ1) is 25.7. The Morgan fingerprint density at radius 2 is 0.904 bits per heavy atom. The highest BCUT2D eigenvalue weighted by Gasteiger charge is 2.20. The summed E-state index contributed by atoms with van der Waals surface area (Å²) in [5, 5.41) is 3.35. The van der Waals surface area contributed by atoms with Crippen molar-refractivity contribution in [3.8, 4) is 67.0 Å². The lowest BCUT2D eigenvalue weighted by Gasteiger charge is -2.11. The molecule has 0 atom stereocenters. The number of fused-ring (bicyclic) bond motifs is 4. The second kappa shape index (κ2) is 12.8. The van der Waals surface area contributed by atoms with Crippen LogP contribution in [0.15, 0.2) is 170 Å². The van der Waals surface area contributed by atoms with Crippen LogP contribution < -0.4 is 0 Å². The van der Waals surface area contributed by atoms with Crippen LogP contribution in [0.4, 0.5) is 0 Å². The van der Waals surface area contributed by atoms with Gasteiger partial charge < -0.3 is 0 Å². The van der Waals surface area contributed by atoms with Gasteiger partial charge in [-0.3, -0.25) is 0 Å². The number of thiophene rings is 1. The van der Waals surface area contributed by atoms with Crippen LogP contribution in [-0.4, -0.2) is 19.9 Å². The molecule has 4 nitrogen and oxygen atoms in total. The zero-order valence-electron chi connectivity index (χ0n) is 27.8. The summed E-state index contributed by atoms with van der Waals surface area (Å²) in [6.45, 7) is 0. The molecule has 0 aliphatic carbocycles. The smallest absolute Gasteiger partial charge is 0.164 e. The van der Waals surface area contributed by atoms with Crippen molar-refractivity contribution in [3.63, 3.8) is 0 Å². The molecule has 6 heteroatoms. The summed E-state index contributed by atoms with van der Waals surface area (Å²) in [4.78, 5) is 20.6. The Bertz CT molecular complexity index is 2860. The highest BCUT2D eigenvalue weighted by Crippen LogP contribution is 2.45. The van der Waals surface area contributed by atoms with Crippen LogP contribution in [0.5, 0.6) is 0 Å². The number of hydrogen-bond donors (Lipinski definition) is 0. The second-order valence-electron chi connectivity index (χ2n) is 12.6. The molecule has 0 bridgehead atoms. The Morgan fingerprint density at radius 3 is 1.69 bits per heavy atom. The van der Waals surface area contributed by atoms with Crippen molar-refractivity contribution < 1.29 is 0 Å². The first-order valence-electron chi connectivity index (χ1n) is 17.1. The molecule has 0 amide bonds. The molecule has 10 rings (SSSR count). The van der Waals surface area contributed by atoms with Crippen LogP contribution in [0.25, 0.3) is 97.4 Å². The van der Waals surface area contributed by atoms with E-state index >= 15 is 0 Å². The molecule has 52 heavy (non-hydrogen) atoms. The first kappa shape index (κ1) is 30.5. The minimum absolute atomic E-state index is 0.636. The van der Waals surface area contributed by atoms with Gasteiger partial charge >= 0.3 is 0 Å². The molecule has 0 aliphatic heterocycles. The van der Waals surface area contributed by atoms with Crippen molar-refractivity contribution in [1.82, 2.24) is 19.9 Å². The molecule has 3 aromatic heterocycles. The number of benzene rings is 7. The summed E-state index contributed by atoms with van der Waals surface area (Å²) in [7, 11) is 0. The maximum absolute atomic E-state index is 5.22. The molecule has 0 spiro atoms.